The van der Waals surface area contributed by atoms with Crippen molar-refractivity contribution in [2.45, 2.75) is 19.1 Å². The first kappa shape index (κ1) is 21.1. The minimum atomic E-state index is -1.04. The van der Waals surface area contributed by atoms with E-state index in [1.54, 1.807) is 30.3 Å². The minimum Gasteiger partial charge on any atom is -0.350 e. The summed E-state index contributed by atoms with van der Waals surface area (Å²) in [6.07, 6.45) is 0. The van der Waals surface area contributed by atoms with Crippen molar-refractivity contribution in [3.05, 3.63) is 106 Å². The van der Waals surface area contributed by atoms with Gasteiger partial charge in [0.05, 0.1) is 5.56 Å². The molecule has 3 aromatic rings. The molecular formula is C24H16F3N3O2. The van der Waals surface area contributed by atoms with Crippen molar-refractivity contribution in [2.75, 3.05) is 0 Å². The van der Waals surface area contributed by atoms with Crippen LogP contribution in [0, 0.1) is 28.8 Å². The molecular weight excluding hydrogens is 419 g/mol. The number of rotatable bonds is 5. The molecule has 32 heavy (non-hydrogen) atoms. The summed E-state index contributed by atoms with van der Waals surface area (Å²) in [6.45, 7) is -0.0857. The number of nitrogens with one attached hydrogen (secondary N) is 1. The Morgan fingerprint density at radius 2 is 1.69 bits per heavy atom. The molecule has 1 atom stereocenters. The molecule has 0 saturated heterocycles. The summed E-state index contributed by atoms with van der Waals surface area (Å²) in [5.41, 5.74) is 1.55. The maximum atomic E-state index is 13.7. The molecule has 0 aliphatic carbocycles. The van der Waals surface area contributed by atoms with Crippen molar-refractivity contribution < 1.29 is 22.8 Å². The van der Waals surface area contributed by atoms with Gasteiger partial charge >= 0.3 is 0 Å². The first-order valence-electron chi connectivity index (χ1n) is 9.69. The lowest BCUT2D eigenvalue weighted by Crippen LogP contribution is -2.38. The Balaban J connectivity index is 1.59. The Hall–Kier alpha value is -4.12. The van der Waals surface area contributed by atoms with Crippen LogP contribution >= 0.6 is 0 Å². The van der Waals surface area contributed by atoms with Crippen LogP contribution in [0.25, 0.3) is 0 Å². The Bertz CT molecular complexity index is 1270. The summed E-state index contributed by atoms with van der Waals surface area (Å²) in [5, 5.41) is 11.7. The SMILES string of the molecule is N#Cc1cc(CNC(=O)C2c3ccccc3C(=O)N2Cc2ccc(F)c(F)c2)ccc1F. The van der Waals surface area contributed by atoms with Crippen molar-refractivity contribution >= 4 is 11.8 Å². The number of hydrogen-bond donors (Lipinski definition) is 1. The maximum absolute atomic E-state index is 13.7. The molecule has 1 N–H and O–H groups in total. The van der Waals surface area contributed by atoms with Gasteiger partial charge in [-0.3, -0.25) is 9.59 Å². The Morgan fingerprint density at radius 3 is 2.44 bits per heavy atom. The van der Waals surface area contributed by atoms with Crippen molar-refractivity contribution in [1.82, 2.24) is 10.2 Å². The van der Waals surface area contributed by atoms with Gasteiger partial charge < -0.3 is 10.2 Å². The Morgan fingerprint density at radius 1 is 0.969 bits per heavy atom. The van der Waals surface area contributed by atoms with Crippen LogP contribution in [0.4, 0.5) is 13.2 Å². The summed E-state index contributed by atoms with van der Waals surface area (Å²) in [5.74, 6) is -3.60. The number of halogens is 3. The van der Waals surface area contributed by atoms with Gasteiger partial charge in [0.15, 0.2) is 11.6 Å². The van der Waals surface area contributed by atoms with Gasteiger partial charge in [-0.2, -0.15) is 5.26 Å². The molecule has 160 valence electrons. The highest BCUT2D eigenvalue weighted by atomic mass is 19.2. The third-order valence-electron chi connectivity index (χ3n) is 5.26. The fourth-order valence-corrected chi connectivity index (χ4v) is 3.70. The first-order valence-corrected chi connectivity index (χ1v) is 9.69. The fourth-order valence-electron chi connectivity index (χ4n) is 3.70. The van der Waals surface area contributed by atoms with Crippen LogP contribution in [0.15, 0.2) is 60.7 Å². The molecule has 0 aromatic heterocycles. The molecule has 0 spiro atoms. The highest BCUT2D eigenvalue weighted by Gasteiger charge is 2.40. The topological polar surface area (TPSA) is 73.2 Å². The minimum absolute atomic E-state index is 0.0136. The van der Waals surface area contributed by atoms with E-state index in [-0.39, 0.29) is 18.7 Å². The smallest absolute Gasteiger partial charge is 0.255 e. The van der Waals surface area contributed by atoms with E-state index in [0.717, 1.165) is 18.2 Å². The summed E-state index contributed by atoms with van der Waals surface area (Å²) in [7, 11) is 0. The zero-order valence-electron chi connectivity index (χ0n) is 16.6. The van der Waals surface area contributed by atoms with Crippen LogP contribution in [-0.4, -0.2) is 16.7 Å². The number of amides is 2. The van der Waals surface area contributed by atoms with Crippen molar-refractivity contribution in [3.63, 3.8) is 0 Å². The molecule has 2 amide bonds. The molecule has 0 saturated carbocycles. The lowest BCUT2D eigenvalue weighted by atomic mass is 10.0. The van der Waals surface area contributed by atoms with Crippen molar-refractivity contribution in [2.24, 2.45) is 0 Å². The van der Waals surface area contributed by atoms with E-state index < -0.39 is 35.3 Å². The van der Waals surface area contributed by atoms with Crippen LogP contribution in [0.1, 0.15) is 38.7 Å². The number of nitriles is 1. The Kier molecular flexibility index (Phi) is 5.65. The number of nitrogens with zero attached hydrogens (tertiary/aromatic N) is 2. The van der Waals surface area contributed by atoms with E-state index in [1.807, 2.05) is 0 Å². The van der Waals surface area contributed by atoms with Crippen LogP contribution < -0.4 is 5.32 Å². The third-order valence-corrected chi connectivity index (χ3v) is 5.26. The molecule has 1 aliphatic rings. The molecule has 0 bridgehead atoms. The normalized spacial score (nSPS) is 14.8. The predicted molar refractivity (Wildman–Crippen MR) is 108 cm³/mol. The number of benzene rings is 3. The number of carbonyl (C=O) groups is 2. The zero-order chi connectivity index (χ0) is 22.8. The summed E-state index contributed by atoms with van der Waals surface area (Å²) in [4.78, 5) is 27.3. The highest BCUT2D eigenvalue weighted by molar-refractivity contribution is 6.04. The third kappa shape index (κ3) is 3.93. The van der Waals surface area contributed by atoms with E-state index >= 15 is 0 Å². The Labute approximate surface area is 181 Å². The molecule has 4 rings (SSSR count). The van der Waals surface area contributed by atoms with Gasteiger partial charge in [-0.25, -0.2) is 13.2 Å². The van der Waals surface area contributed by atoms with Crippen LogP contribution in [0.5, 0.6) is 0 Å². The van der Waals surface area contributed by atoms with Gasteiger partial charge in [0, 0.05) is 18.7 Å². The van der Waals surface area contributed by atoms with Crippen LogP contribution in [0.2, 0.25) is 0 Å². The molecule has 0 radical (unpaired) electrons. The number of fused-ring (bicyclic) bond motifs is 1. The second kappa shape index (κ2) is 8.55. The summed E-state index contributed by atoms with van der Waals surface area (Å²) in [6, 6.07) is 14.6. The molecule has 1 heterocycles. The average Bonchev–Trinajstić information content (AvgIpc) is 3.07. The zero-order valence-corrected chi connectivity index (χ0v) is 16.6. The average molecular weight is 435 g/mol. The van der Waals surface area contributed by atoms with Gasteiger partial charge in [-0.15, -0.1) is 0 Å². The lowest BCUT2D eigenvalue weighted by Gasteiger charge is -2.25. The number of hydrogen-bond acceptors (Lipinski definition) is 3. The second-order valence-corrected chi connectivity index (χ2v) is 7.32. The van der Waals surface area contributed by atoms with Crippen molar-refractivity contribution in [1.29, 1.82) is 5.26 Å². The van der Waals surface area contributed by atoms with E-state index in [9.17, 15) is 22.8 Å². The van der Waals surface area contributed by atoms with Gasteiger partial charge in [0.2, 0.25) is 5.91 Å². The van der Waals surface area contributed by atoms with E-state index in [4.69, 9.17) is 5.26 Å². The van der Waals surface area contributed by atoms with E-state index in [1.165, 1.54) is 23.1 Å². The lowest BCUT2D eigenvalue weighted by molar-refractivity contribution is -0.125. The molecule has 8 heteroatoms. The molecule has 3 aromatic carbocycles. The van der Waals surface area contributed by atoms with Crippen molar-refractivity contribution in [3.8, 4) is 6.07 Å². The molecule has 5 nitrogen and oxygen atoms in total. The monoisotopic (exact) mass is 435 g/mol. The first-order chi connectivity index (χ1) is 15.4. The van der Waals surface area contributed by atoms with Crippen LogP contribution in [0.3, 0.4) is 0 Å². The summed E-state index contributed by atoms with van der Waals surface area (Å²) >= 11 is 0. The maximum Gasteiger partial charge on any atom is 0.255 e. The molecule has 0 fully saturated rings. The number of carbonyl (C=O) groups excluding carboxylic acids is 2. The van der Waals surface area contributed by atoms with E-state index in [0.29, 0.717) is 22.3 Å². The highest BCUT2D eigenvalue weighted by Crippen LogP contribution is 2.35. The van der Waals surface area contributed by atoms with Gasteiger partial charge in [0.1, 0.15) is 17.9 Å². The van der Waals surface area contributed by atoms with Gasteiger partial charge in [-0.05, 0) is 47.0 Å². The molecule has 1 aliphatic heterocycles. The van der Waals surface area contributed by atoms with Gasteiger partial charge in [-0.1, -0.05) is 30.3 Å². The second-order valence-electron chi connectivity index (χ2n) is 7.32. The predicted octanol–water partition coefficient (Wildman–Crippen LogP) is 3.99. The fraction of sp³-hybridized carbons (Fsp3) is 0.125. The van der Waals surface area contributed by atoms with E-state index in [2.05, 4.69) is 5.32 Å². The van der Waals surface area contributed by atoms with Gasteiger partial charge in [0.25, 0.3) is 5.91 Å². The quantitative estimate of drug-likeness (QED) is 0.659. The van der Waals surface area contributed by atoms with Crippen LogP contribution in [-0.2, 0) is 17.9 Å². The standard InChI is InChI=1S/C24H16F3N3O2/c25-19-7-5-14(9-16(19)11-28)12-29-23(31)22-17-3-1-2-4-18(17)24(32)30(22)13-15-6-8-20(26)21(27)10-15/h1-10,22H,12-13H2,(H,29,31). The summed E-state index contributed by atoms with van der Waals surface area (Å²) < 4.78 is 40.5. The largest absolute Gasteiger partial charge is 0.350 e. The molecule has 1 unspecified atom stereocenters.